The molecule has 0 radical (unpaired) electrons. The molecule has 0 bridgehead atoms. The average Bonchev–Trinajstić information content (AvgIpc) is 2.08. The lowest BCUT2D eigenvalue weighted by atomic mass is 10.0. The van der Waals surface area contributed by atoms with Crippen LogP contribution in [-0.2, 0) is 0 Å². The van der Waals surface area contributed by atoms with Crippen LogP contribution in [0.3, 0.4) is 0 Å². The predicted molar refractivity (Wildman–Crippen MR) is 52.9 cm³/mol. The van der Waals surface area contributed by atoms with Crippen LogP contribution in [0.5, 0.6) is 0 Å². The maximum absolute atomic E-state index is 3.67. The molecule has 1 unspecified atom stereocenters. The van der Waals surface area contributed by atoms with E-state index >= 15 is 0 Å². The largest absolute Gasteiger partial charge is 0.297 e. The van der Waals surface area contributed by atoms with Gasteiger partial charge in [-0.2, -0.15) is 0 Å². The third-order valence-corrected chi connectivity index (χ3v) is 4.46. The van der Waals surface area contributed by atoms with Crippen molar-refractivity contribution < 1.29 is 0 Å². The molecule has 11 heavy (non-hydrogen) atoms. The van der Waals surface area contributed by atoms with Gasteiger partial charge >= 0.3 is 0 Å². The molecule has 0 aliphatic carbocycles. The number of rotatable bonds is 1. The zero-order valence-corrected chi connectivity index (χ0v) is 9.01. The monoisotopic (exact) mass is 173 g/mol. The third-order valence-electron chi connectivity index (χ3n) is 2.42. The van der Waals surface area contributed by atoms with Gasteiger partial charge in [-0.3, -0.25) is 5.32 Å². The topological polar surface area (TPSA) is 12.0 Å². The zero-order valence-electron chi connectivity index (χ0n) is 8.19. The SMILES string of the molecule is CC(C)C1(C)NC(C)(C)CS1. The Labute approximate surface area is 74.3 Å². The average molecular weight is 173 g/mol. The molecule has 0 aromatic heterocycles. The normalized spacial score (nSPS) is 36.5. The fourth-order valence-electron chi connectivity index (χ4n) is 1.39. The summed E-state index contributed by atoms with van der Waals surface area (Å²) in [5.74, 6) is 1.93. The molecule has 1 N–H and O–H groups in total. The van der Waals surface area contributed by atoms with Crippen molar-refractivity contribution in [1.82, 2.24) is 5.32 Å². The number of nitrogens with one attached hydrogen (secondary N) is 1. The van der Waals surface area contributed by atoms with Gasteiger partial charge in [0.15, 0.2) is 0 Å². The van der Waals surface area contributed by atoms with Gasteiger partial charge in [0.2, 0.25) is 0 Å². The Kier molecular flexibility index (Phi) is 2.28. The molecule has 2 heteroatoms. The molecule has 1 atom stereocenters. The summed E-state index contributed by atoms with van der Waals surface area (Å²) in [5, 5.41) is 3.67. The lowest BCUT2D eigenvalue weighted by Gasteiger charge is -2.31. The Morgan fingerprint density at radius 3 is 2.00 bits per heavy atom. The molecular weight excluding hydrogens is 154 g/mol. The van der Waals surface area contributed by atoms with E-state index in [1.54, 1.807) is 0 Å². The lowest BCUT2D eigenvalue weighted by molar-refractivity contribution is 0.319. The highest BCUT2D eigenvalue weighted by Crippen LogP contribution is 2.39. The van der Waals surface area contributed by atoms with Gasteiger partial charge in [0, 0.05) is 11.3 Å². The maximum atomic E-state index is 3.67. The van der Waals surface area contributed by atoms with Crippen LogP contribution in [0, 0.1) is 5.92 Å². The second-order valence-electron chi connectivity index (χ2n) is 4.56. The third kappa shape index (κ3) is 1.91. The first-order valence-corrected chi connectivity index (χ1v) is 5.28. The Morgan fingerprint density at radius 1 is 1.27 bits per heavy atom. The first-order valence-electron chi connectivity index (χ1n) is 4.29. The summed E-state index contributed by atoms with van der Waals surface area (Å²) in [6.07, 6.45) is 0. The second kappa shape index (κ2) is 2.67. The van der Waals surface area contributed by atoms with Crippen LogP contribution in [0.1, 0.15) is 34.6 Å². The fraction of sp³-hybridized carbons (Fsp3) is 1.00. The molecule has 1 rings (SSSR count). The van der Waals surface area contributed by atoms with Crippen molar-refractivity contribution in [2.45, 2.75) is 45.0 Å². The Bertz CT molecular complexity index is 154. The molecule has 66 valence electrons. The minimum absolute atomic E-state index is 0.295. The Balaban J connectivity index is 2.65. The van der Waals surface area contributed by atoms with Crippen molar-refractivity contribution in [3.8, 4) is 0 Å². The molecule has 1 saturated heterocycles. The molecule has 0 spiro atoms. The van der Waals surface area contributed by atoms with Gasteiger partial charge in [0.25, 0.3) is 0 Å². The van der Waals surface area contributed by atoms with Crippen molar-refractivity contribution in [2.24, 2.45) is 5.92 Å². The van der Waals surface area contributed by atoms with Gasteiger partial charge < -0.3 is 0 Å². The number of hydrogen-bond acceptors (Lipinski definition) is 2. The van der Waals surface area contributed by atoms with Crippen molar-refractivity contribution in [3.63, 3.8) is 0 Å². The van der Waals surface area contributed by atoms with Crippen LogP contribution < -0.4 is 5.32 Å². The minimum atomic E-state index is 0.295. The summed E-state index contributed by atoms with van der Waals surface area (Å²) < 4.78 is 0. The van der Waals surface area contributed by atoms with Gasteiger partial charge in [-0.05, 0) is 26.7 Å². The van der Waals surface area contributed by atoms with Crippen molar-refractivity contribution in [1.29, 1.82) is 0 Å². The highest BCUT2D eigenvalue weighted by atomic mass is 32.2. The van der Waals surface area contributed by atoms with E-state index in [4.69, 9.17) is 0 Å². The highest BCUT2D eigenvalue weighted by molar-refractivity contribution is 8.00. The van der Waals surface area contributed by atoms with Crippen LogP contribution in [0.4, 0.5) is 0 Å². The van der Waals surface area contributed by atoms with E-state index in [9.17, 15) is 0 Å². The molecule has 0 amide bonds. The lowest BCUT2D eigenvalue weighted by Crippen LogP contribution is -2.48. The molecule has 0 aromatic rings. The summed E-state index contributed by atoms with van der Waals surface area (Å²) >= 11 is 2.05. The minimum Gasteiger partial charge on any atom is -0.297 e. The van der Waals surface area contributed by atoms with Crippen LogP contribution >= 0.6 is 11.8 Å². The van der Waals surface area contributed by atoms with Gasteiger partial charge in [-0.25, -0.2) is 0 Å². The van der Waals surface area contributed by atoms with Gasteiger partial charge in [0.05, 0.1) is 4.87 Å². The zero-order chi connectivity index (χ0) is 8.70. The van der Waals surface area contributed by atoms with Gasteiger partial charge in [-0.15, -0.1) is 11.8 Å². The number of thioether (sulfide) groups is 1. The quantitative estimate of drug-likeness (QED) is 0.654. The number of hydrogen-bond donors (Lipinski definition) is 1. The van der Waals surface area contributed by atoms with Gasteiger partial charge in [-0.1, -0.05) is 13.8 Å². The van der Waals surface area contributed by atoms with Crippen LogP contribution in [-0.4, -0.2) is 16.2 Å². The van der Waals surface area contributed by atoms with E-state index < -0.39 is 0 Å². The molecule has 1 nitrogen and oxygen atoms in total. The molecule has 1 fully saturated rings. The maximum Gasteiger partial charge on any atom is 0.0644 e. The predicted octanol–water partition coefficient (Wildman–Crippen LogP) is 2.47. The Morgan fingerprint density at radius 2 is 1.82 bits per heavy atom. The first kappa shape index (κ1) is 9.40. The van der Waals surface area contributed by atoms with E-state index in [1.165, 1.54) is 5.75 Å². The van der Waals surface area contributed by atoms with E-state index in [0.717, 1.165) is 0 Å². The van der Waals surface area contributed by atoms with Crippen molar-refractivity contribution >= 4 is 11.8 Å². The summed E-state index contributed by atoms with van der Waals surface area (Å²) in [4.78, 5) is 0.295. The fourth-order valence-corrected chi connectivity index (χ4v) is 2.80. The molecule has 0 saturated carbocycles. The molecular formula is C9H19NS. The van der Waals surface area contributed by atoms with E-state index in [1.807, 2.05) is 11.8 Å². The van der Waals surface area contributed by atoms with E-state index in [0.29, 0.717) is 16.3 Å². The molecule has 0 aromatic carbocycles. The summed E-state index contributed by atoms with van der Waals surface area (Å²) in [7, 11) is 0. The smallest absolute Gasteiger partial charge is 0.0644 e. The summed E-state index contributed by atoms with van der Waals surface area (Å²) in [5.41, 5.74) is 0.323. The Hall–Kier alpha value is 0.310. The van der Waals surface area contributed by atoms with Crippen molar-refractivity contribution in [2.75, 3.05) is 5.75 Å². The van der Waals surface area contributed by atoms with Crippen LogP contribution in [0.2, 0.25) is 0 Å². The summed E-state index contributed by atoms with van der Waals surface area (Å²) in [6.45, 7) is 11.4. The van der Waals surface area contributed by atoms with Gasteiger partial charge in [0.1, 0.15) is 0 Å². The van der Waals surface area contributed by atoms with E-state index in [2.05, 4.69) is 39.9 Å². The molecule has 1 aliphatic heterocycles. The standard InChI is InChI=1S/C9H19NS/c1-7(2)9(5)10-8(3,4)6-11-9/h7,10H,6H2,1-5H3. The second-order valence-corrected chi connectivity index (χ2v) is 5.98. The summed E-state index contributed by atoms with van der Waals surface area (Å²) in [6, 6.07) is 0. The van der Waals surface area contributed by atoms with Crippen LogP contribution in [0.25, 0.3) is 0 Å². The molecule has 1 aliphatic rings. The first-order chi connectivity index (χ1) is 4.86. The van der Waals surface area contributed by atoms with Crippen LogP contribution in [0.15, 0.2) is 0 Å². The van der Waals surface area contributed by atoms with E-state index in [-0.39, 0.29) is 0 Å². The highest BCUT2D eigenvalue weighted by Gasteiger charge is 2.41. The molecule has 1 heterocycles. The van der Waals surface area contributed by atoms with Crippen molar-refractivity contribution in [3.05, 3.63) is 0 Å².